The minimum atomic E-state index is -1.14. The van der Waals surface area contributed by atoms with E-state index < -0.39 is 5.97 Å². The summed E-state index contributed by atoms with van der Waals surface area (Å²) >= 11 is 5.58. The van der Waals surface area contributed by atoms with E-state index in [4.69, 9.17) is 16.7 Å². The van der Waals surface area contributed by atoms with Gasteiger partial charge in [0.1, 0.15) is 5.69 Å². The molecule has 0 saturated heterocycles. The fourth-order valence-corrected chi connectivity index (χ4v) is 1.20. The number of halogens is 1. The maximum absolute atomic E-state index is 10.8. The molecule has 2 aromatic heterocycles. The third kappa shape index (κ3) is 1.79. The van der Waals surface area contributed by atoms with Crippen LogP contribution in [0, 0.1) is 0 Å². The van der Waals surface area contributed by atoms with Crippen LogP contribution in [0.15, 0.2) is 24.5 Å². The first-order valence-corrected chi connectivity index (χ1v) is 4.33. The van der Waals surface area contributed by atoms with Gasteiger partial charge in [-0.3, -0.25) is 0 Å². The van der Waals surface area contributed by atoms with Crippen LogP contribution in [0.5, 0.6) is 0 Å². The lowest BCUT2D eigenvalue weighted by atomic mass is 10.3. The number of hydrogen-bond donors (Lipinski definition) is 1. The van der Waals surface area contributed by atoms with E-state index in [0.717, 1.165) is 4.80 Å². The molecule has 0 amide bonds. The molecule has 0 atom stereocenters. The normalized spacial score (nSPS) is 10.2. The number of pyridine rings is 1. The molecule has 0 aliphatic carbocycles. The maximum Gasteiger partial charge on any atom is 0.356 e. The van der Waals surface area contributed by atoms with Gasteiger partial charge in [0.15, 0.2) is 10.8 Å². The summed E-state index contributed by atoms with van der Waals surface area (Å²) in [6, 6.07) is 3.14. The molecule has 0 saturated carbocycles. The molecule has 15 heavy (non-hydrogen) atoms. The molecule has 7 heteroatoms. The number of carbonyl (C=O) groups is 1. The number of carboxylic acids is 1. The van der Waals surface area contributed by atoms with E-state index in [0.29, 0.717) is 0 Å². The number of carboxylic acid groups (broad SMARTS) is 1. The van der Waals surface area contributed by atoms with Gasteiger partial charge in [0.05, 0.1) is 6.20 Å². The Morgan fingerprint density at radius 2 is 2.33 bits per heavy atom. The van der Waals surface area contributed by atoms with Crippen molar-refractivity contribution in [2.24, 2.45) is 0 Å². The summed E-state index contributed by atoms with van der Waals surface area (Å²) < 4.78 is 0. The molecule has 1 N–H and O–H groups in total. The maximum atomic E-state index is 10.8. The second-order valence-electron chi connectivity index (χ2n) is 2.63. The van der Waals surface area contributed by atoms with Gasteiger partial charge < -0.3 is 5.11 Å². The van der Waals surface area contributed by atoms with Crippen molar-refractivity contribution in [2.75, 3.05) is 0 Å². The van der Waals surface area contributed by atoms with Crippen LogP contribution in [-0.2, 0) is 0 Å². The van der Waals surface area contributed by atoms with Crippen LogP contribution in [-0.4, -0.2) is 31.1 Å². The molecular formula is C8H5ClN4O2. The van der Waals surface area contributed by atoms with Crippen LogP contribution in [0.4, 0.5) is 0 Å². The largest absolute Gasteiger partial charge is 0.476 e. The lowest BCUT2D eigenvalue weighted by Crippen LogP contribution is -2.09. The zero-order valence-electron chi connectivity index (χ0n) is 7.33. The molecule has 0 unspecified atom stereocenters. The third-order valence-corrected chi connectivity index (χ3v) is 1.84. The van der Waals surface area contributed by atoms with Crippen molar-refractivity contribution in [3.8, 4) is 5.69 Å². The molecule has 6 nitrogen and oxygen atoms in total. The van der Waals surface area contributed by atoms with Gasteiger partial charge in [-0.1, -0.05) is 11.6 Å². The van der Waals surface area contributed by atoms with E-state index in [1.165, 1.54) is 12.4 Å². The molecule has 0 aliphatic rings. The molecule has 76 valence electrons. The Labute approximate surface area is 89.1 Å². The molecule has 0 aliphatic heterocycles. The van der Waals surface area contributed by atoms with E-state index in [1.54, 1.807) is 12.1 Å². The topological polar surface area (TPSA) is 80.9 Å². The van der Waals surface area contributed by atoms with Gasteiger partial charge in [-0.2, -0.15) is 5.10 Å². The Hall–Kier alpha value is -1.95. The second kappa shape index (κ2) is 3.66. The van der Waals surface area contributed by atoms with Gasteiger partial charge in [-0.15, -0.1) is 9.90 Å². The standard InChI is InChI=1S/C8H5ClN4O2/c9-6-4-11-13(12-6)5-2-1-3-10-7(5)8(14)15/h1-4H,(H,14,15). The lowest BCUT2D eigenvalue weighted by molar-refractivity contribution is 0.0690. The van der Waals surface area contributed by atoms with Crippen molar-refractivity contribution in [3.63, 3.8) is 0 Å². The highest BCUT2D eigenvalue weighted by Gasteiger charge is 2.13. The Morgan fingerprint density at radius 1 is 1.53 bits per heavy atom. The summed E-state index contributed by atoms with van der Waals surface area (Å²) in [5, 5.41) is 16.7. The fraction of sp³-hybridized carbons (Fsp3) is 0. The van der Waals surface area contributed by atoms with E-state index in [2.05, 4.69) is 15.2 Å². The summed E-state index contributed by atoms with van der Waals surface area (Å²) in [4.78, 5) is 15.7. The van der Waals surface area contributed by atoms with Crippen molar-refractivity contribution >= 4 is 17.6 Å². The molecule has 2 rings (SSSR count). The smallest absolute Gasteiger partial charge is 0.356 e. The van der Waals surface area contributed by atoms with E-state index in [-0.39, 0.29) is 16.5 Å². The first-order valence-electron chi connectivity index (χ1n) is 3.95. The van der Waals surface area contributed by atoms with Gasteiger partial charge in [-0.05, 0) is 12.1 Å². The highest BCUT2D eigenvalue weighted by molar-refractivity contribution is 6.29. The molecule has 0 fully saturated rings. The Morgan fingerprint density at radius 3 is 2.93 bits per heavy atom. The monoisotopic (exact) mass is 224 g/mol. The van der Waals surface area contributed by atoms with Crippen LogP contribution in [0.1, 0.15) is 10.5 Å². The molecule has 0 bridgehead atoms. The van der Waals surface area contributed by atoms with Crippen LogP contribution >= 0.6 is 11.6 Å². The number of aromatic nitrogens is 4. The average molecular weight is 225 g/mol. The quantitative estimate of drug-likeness (QED) is 0.824. The first kappa shape index (κ1) is 9.60. The van der Waals surface area contributed by atoms with Gasteiger partial charge in [0.2, 0.25) is 0 Å². The van der Waals surface area contributed by atoms with E-state index in [9.17, 15) is 4.79 Å². The zero-order chi connectivity index (χ0) is 10.8. The van der Waals surface area contributed by atoms with Gasteiger partial charge >= 0.3 is 5.97 Å². The average Bonchev–Trinajstić information content (AvgIpc) is 2.65. The molecular weight excluding hydrogens is 220 g/mol. The summed E-state index contributed by atoms with van der Waals surface area (Å²) in [5.74, 6) is -1.14. The summed E-state index contributed by atoms with van der Waals surface area (Å²) in [6.07, 6.45) is 2.71. The van der Waals surface area contributed by atoms with Crippen LogP contribution in [0.2, 0.25) is 5.15 Å². The number of rotatable bonds is 2. The van der Waals surface area contributed by atoms with Crippen LogP contribution < -0.4 is 0 Å². The number of nitrogens with zero attached hydrogens (tertiary/aromatic N) is 4. The molecule has 0 radical (unpaired) electrons. The first-order chi connectivity index (χ1) is 7.18. The molecule has 0 spiro atoms. The highest BCUT2D eigenvalue weighted by atomic mass is 35.5. The summed E-state index contributed by atoms with van der Waals surface area (Å²) in [5.41, 5.74) is 0.154. The summed E-state index contributed by atoms with van der Waals surface area (Å²) in [6.45, 7) is 0. The Balaban J connectivity index is 2.57. The third-order valence-electron chi connectivity index (χ3n) is 1.67. The van der Waals surface area contributed by atoms with Crippen LogP contribution in [0.25, 0.3) is 5.69 Å². The van der Waals surface area contributed by atoms with Crippen molar-refractivity contribution in [1.82, 2.24) is 20.0 Å². The van der Waals surface area contributed by atoms with Gasteiger partial charge in [-0.25, -0.2) is 9.78 Å². The second-order valence-corrected chi connectivity index (χ2v) is 3.02. The lowest BCUT2D eigenvalue weighted by Gasteiger charge is -2.01. The molecule has 2 aromatic rings. The predicted octanol–water partition coefficient (Wildman–Crippen LogP) is 1.01. The van der Waals surface area contributed by atoms with Gasteiger partial charge in [0.25, 0.3) is 0 Å². The van der Waals surface area contributed by atoms with Crippen molar-refractivity contribution in [3.05, 3.63) is 35.4 Å². The number of hydrogen-bond acceptors (Lipinski definition) is 4. The Kier molecular flexibility index (Phi) is 2.34. The van der Waals surface area contributed by atoms with Crippen LogP contribution in [0.3, 0.4) is 0 Å². The SMILES string of the molecule is O=C(O)c1ncccc1-n1ncc(Cl)n1. The van der Waals surface area contributed by atoms with Gasteiger partial charge in [0, 0.05) is 6.20 Å². The zero-order valence-corrected chi connectivity index (χ0v) is 8.09. The Bertz CT molecular complexity index is 511. The molecule has 2 heterocycles. The molecule has 0 aromatic carbocycles. The predicted molar refractivity (Wildman–Crippen MR) is 51.1 cm³/mol. The van der Waals surface area contributed by atoms with E-state index in [1.807, 2.05) is 0 Å². The fourth-order valence-electron chi connectivity index (χ4n) is 1.08. The minimum absolute atomic E-state index is 0.121. The van der Waals surface area contributed by atoms with Crippen molar-refractivity contribution < 1.29 is 9.90 Å². The van der Waals surface area contributed by atoms with Crippen molar-refractivity contribution in [2.45, 2.75) is 0 Å². The minimum Gasteiger partial charge on any atom is -0.476 e. The summed E-state index contributed by atoms with van der Waals surface area (Å²) in [7, 11) is 0. The highest BCUT2D eigenvalue weighted by Crippen LogP contribution is 2.11. The number of aromatic carboxylic acids is 1. The van der Waals surface area contributed by atoms with Crippen molar-refractivity contribution in [1.29, 1.82) is 0 Å². The van der Waals surface area contributed by atoms with E-state index >= 15 is 0 Å².